The summed E-state index contributed by atoms with van der Waals surface area (Å²) in [6.45, 7) is 4.25. The summed E-state index contributed by atoms with van der Waals surface area (Å²) in [5.74, 6) is 2.11. The molecule has 0 aliphatic rings. The maximum Gasteiger partial charge on any atom is 2.00 e. The number of rotatable bonds is 6. The van der Waals surface area contributed by atoms with Crippen molar-refractivity contribution in [2.75, 3.05) is 0 Å². The van der Waals surface area contributed by atoms with Gasteiger partial charge in [-0.15, -0.1) is 18.2 Å². The van der Waals surface area contributed by atoms with Crippen LogP contribution < -0.4 is 4.74 Å². The fraction of sp³-hybridized carbons (Fsp3) is 0.125. The van der Waals surface area contributed by atoms with Gasteiger partial charge >= 0.3 is 21.1 Å². The zero-order valence-corrected chi connectivity index (χ0v) is 22.9. The second-order valence-electron chi connectivity index (χ2n) is 8.72. The van der Waals surface area contributed by atoms with Crippen LogP contribution in [0.15, 0.2) is 91.1 Å². The van der Waals surface area contributed by atoms with E-state index in [0.29, 0.717) is 11.6 Å². The summed E-state index contributed by atoms with van der Waals surface area (Å²) in [4.78, 5) is 9.27. The van der Waals surface area contributed by atoms with Gasteiger partial charge in [0, 0.05) is 29.2 Å². The number of pyridine rings is 2. The van der Waals surface area contributed by atoms with Crippen LogP contribution in [0.25, 0.3) is 38.8 Å². The first kappa shape index (κ1) is 24.9. The van der Waals surface area contributed by atoms with Crippen LogP contribution in [0.1, 0.15) is 25.1 Å². The van der Waals surface area contributed by atoms with Crippen LogP contribution in [0.2, 0.25) is 0 Å². The SMILES string of the molecule is CCc1cc(CC)nc(Oc2[c-]c(-c3[c-]c4c(cc3)c3ccccc3n4-c3ccccn3)ccc2)c1.[Pt+2]. The second-order valence-corrected chi connectivity index (χ2v) is 8.72. The van der Waals surface area contributed by atoms with E-state index in [9.17, 15) is 0 Å². The molecular weight excluding hydrogens is 637 g/mol. The van der Waals surface area contributed by atoms with Gasteiger partial charge in [0.25, 0.3) is 0 Å². The van der Waals surface area contributed by atoms with Gasteiger partial charge < -0.3 is 9.30 Å². The summed E-state index contributed by atoms with van der Waals surface area (Å²) in [7, 11) is 0. The Kier molecular flexibility index (Phi) is 7.21. The Morgan fingerprint density at radius 2 is 1.62 bits per heavy atom. The third-order valence-corrected chi connectivity index (χ3v) is 6.42. The van der Waals surface area contributed by atoms with Crippen molar-refractivity contribution < 1.29 is 25.8 Å². The van der Waals surface area contributed by atoms with Gasteiger partial charge in [-0.05, 0) is 53.6 Å². The van der Waals surface area contributed by atoms with Crippen LogP contribution in [0.5, 0.6) is 11.6 Å². The largest absolute Gasteiger partial charge is 2.00 e. The predicted molar refractivity (Wildman–Crippen MR) is 145 cm³/mol. The molecule has 0 amide bonds. The first-order chi connectivity index (χ1) is 17.7. The number of aromatic nitrogens is 3. The van der Waals surface area contributed by atoms with E-state index in [4.69, 9.17) is 4.74 Å². The Morgan fingerprint density at radius 1 is 0.784 bits per heavy atom. The van der Waals surface area contributed by atoms with Crippen molar-refractivity contribution in [1.82, 2.24) is 14.5 Å². The number of nitrogens with zero attached hydrogens (tertiary/aromatic N) is 3. The minimum atomic E-state index is 0. The van der Waals surface area contributed by atoms with Crippen molar-refractivity contribution in [3.8, 4) is 28.6 Å². The van der Waals surface area contributed by atoms with Crippen LogP contribution in [0.4, 0.5) is 0 Å². The van der Waals surface area contributed by atoms with E-state index in [1.165, 1.54) is 10.9 Å². The van der Waals surface area contributed by atoms with Crippen molar-refractivity contribution in [3.05, 3.63) is 115 Å². The molecule has 5 heteroatoms. The maximum atomic E-state index is 6.16. The molecule has 0 unspecified atom stereocenters. The molecule has 0 radical (unpaired) electrons. The van der Waals surface area contributed by atoms with Gasteiger partial charge in [-0.1, -0.05) is 43.5 Å². The molecule has 3 aromatic carbocycles. The molecule has 3 heterocycles. The molecule has 0 saturated carbocycles. The number of aryl methyl sites for hydroxylation is 2. The number of benzene rings is 3. The Hall–Kier alpha value is -3.75. The van der Waals surface area contributed by atoms with E-state index in [-0.39, 0.29) is 21.1 Å². The van der Waals surface area contributed by atoms with E-state index in [2.05, 4.69) is 83.0 Å². The molecule has 0 spiro atoms. The summed E-state index contributed by atoms with van der Waals surface area (Å²) in [5.41, 5.74) is 6.19. The normalized spacial score (nSPS) is 11.0. The fourth-order valence-corrected chi connectivity index (χ4v) is 4.61. The summed E-state index contributed by atoms with van der Waals surface area (Å²) in [6.07, 6.45) is 3.63. The maximum absolute atomic E-state index is 6.16. The molecule has 0 bridgehead atoms. The van der Waals surface area contributed by atoms with Crippen LogP contribution in [-0.2, 0) is 33.9 Å². The summed E-state index contributed by atoms with van der Waals surface area (Å²) in [6, 6.07) is 35.8. The minimum absolute atomic E-state index is 0. The second kappa shape index (κ2) is 10.7. The van der Waals surface area contributed by atoms with Crippen molar-refractivity contribution >= 4 is 21.8 Å². The van der Waals surface area contributed by atoms with Crippen LogP contribution in [-0.4, -0.2) is 14.5 Å². The third kappa shape index (κ3) is 4.82. The van der Waals surface area contributed by atoms with Crippen LogP contribution in [0.3, 0.4) is 0 Å². The molecule has 0 aliphatic carbocycles. The van der Waals surface area contributed by atoms with E-state index >= 15 is 0 Å². The third-order valence-electron chi connectivity index (χ3n) is 6.42. The number of para-hydroxylation sites is 1. The molecule has 0 aliphatic heterocycles. The first-order valence-corrected chi connectivity index (χ1v) is 12.3. The quantitative estimate of drug-likeness (QED) is 0.171. The molecule has 6 rings (SSSR count). The molecule has 0 fully saturated rings. The van der Waals surface area contributed by atoms with Gasteiger partial charge in [0.05, 0.1) is 0 Å². The smallest absolute Gasteiger partial charge is 0.460 e. The molecule has 3 aromatic heterocycles. The predicted octanol–water partition coefficient (Wildman–Crippen LogP) is 7.76. The van der Waals surface area contributed by atoms with Gasteiger partial charge in [-0.3, -0.25) is 0 Å². The molecule has 184 valence electrons. The Labute approximate surface area is 231 Å². The van der Waals surface area contributed by atoms with Gasteiger partial charge in [0.1, 0.15) is 5.82 Å². The molecule has 6 aromatic rings. The Bertz CT molecular complexity index is 1670. The van der Waals surface area contributed by atoms with Crippen molar-refractivity contribution in [1.29, 1.82) is 0 Å². The summed E-state index contributed by atoms with van der Waals surface area (Å²) in [5, 5.41) is 2.32. The molecule has 4 nitrogen and oxygen atoms in total. The number of hydrogen-bond donors (Lipinski definition) is 0. The number of fused-ring (bicyclic) bond motifs is 3. The Balaban J connectivity index is 0.00000280. The monoisotopic (exact) mass is 662 g/mol. The first-order valence-electron chi connectivity index (χ1n) is 12.3. The molecular formula is C32H25N3OPt. The summed E-state index contributed by atoms with van der Waals surface area (Å²) < 4.78 is 8.33. The molecule has 0 atom stereocenters. The molecule has 37 heavy (non-hydrogen) atoms. The van der Waals surface area contributed by atoms with Crippen LogP contribution >= 0.6 is 0 Å². The van der Waals surface area contributed by atoms with Gasteiger partial charge in [-0.2, -0.15) is 24.3 Å². The fourth-order valence-electron chi connectivity index (χ4n) is 4.61. The molecule has 0 N–H and O–H groups in total. The topological polar surface area (TPSA) is 39.9 Å². The minimum Gasteiger partial charge on any atom is -0.460 e. The van der Waals surface area contributed by atoms with E-state index in [0.717, 1.165) is 51.9 Å². The zero-order chi connectivity index (χ0) is 24.5. The van der Waals surface area contributed by atoms with E-state index in [1.807, 2.05) is 48.7 Å². The van der Waals surface area contributed by atoms with Gasteiger partial charge in [0.2, 0.25) is 5.88 Å². The zero-order valence-electron chi connectivity index (χ0n) is 20.6. The van der Waals surface area contributed by atoms with Gasteiger partial charge in [-0.25, -0.2) is 21.1 Å². The van der Waals surface area contributed by atoms with E-state index < -0.39 is 0 Å². The Morgan fingerprint density at radius 3 is 2.43 bits per heavy atom. The van der Waals surface area contributed by atoms with Crippen LogP contribution in [0, 0.1) is 12.1 Å². The average Bonchev–Trinajstić information content (AvgIpc) is 3.27. The number of ether oxygens (including phenoxy) is 1. The average molecular weight is 663 g/mol. The number of hydrogen-bond acceptors (Lipinski definition) is 3. The van der Waals surface area contributed by atoms with Gasteiger partial charge in [0.15, 0.2) is 0 Å². The van der Waals surface area contributed by atoms with Crippen molar-refractivity contribution in [3.63, 3.8) is 0 Å². The summed E-state index contributed by atoms with van der Waals surface area (Å²) >= 11 is 0. The van der Waals surface area contributed by atoms with E-state index in [1.54, 1.807) is 0 Å². The molecule has 0 saturated heterocycles. The standard InChI is InChI=1S/C32H25N3O.Pt/c1-3-22-18-25(4-2)34-32(19-22)36-26-11-9-10-23(20-26)24-15-16-28-27-12-5-6-13-29(27)35(30(28)21-24)31-14-7-8-17-33-31;/h5-19H,3-4H2,1-2H3;/q-2;+2. The van der Waals surface area contributed by atoms with Crippen molar-refractivity contribution in [2.24, 2.45) is 0 Å². The van der Waals surface area contributed by atoms with Crippen molar-refractivity contribution in [2.45, 2.75) is 26.7 Å².